The number of hydrogen-bond acceptors (Lipinski definition) is 3. The monoisotopic (exact) mass is 341 g/mol. The topological polar surface area (TPSA) is 91.3 Å². The molecule has 6 heteroatoms. The van der Waals surface area contributed by atoms with Gasteiger partial charge in [-0.3, -0.25) is 9.78 Å². The summed E-state index contributed by atoms with van der Waals surface area (Å²) < 4.78 is 0. The van der Waals surface area contributed by atoms with Crippen molar-refractivity contribution in [1.29, 1.82) is 0 Å². The molecule has 0 saturated carbocycles. The molecular formula is C19H23N3O3. The number of carbonyl (C=O) groups excluding carboxylic acids is 1. The highest BCUT2D eigenvalue weighted by Crippen LogP contribution is 2.10. The lowest BCUT2D eigenvalue weighted by Crippen LogP contribution is -2.44. The van der Waals surface area contributed by atoms with Gasteiger partial charge in [0.1, 0.15) is 0 Å². The Morgan fingerprint density at radius 1 is 1.08 bits per heavy atom. The maximum Gasteiger partial charge on any atom is 0.315 e. The molecule has 25 heavy (non-hydrogen) atoms. The van der Waals surface area contributed by atoms with Crippen LogP contribution in [0.4, 0.5) is 4.79 Å². The second kappa shape index (κ2) is 9.42. The molecule has 132 valence electrons. The first-order chi connectivity index (χ1) is 12.0. The first-order valence-electron chi connectivity index (χ1n) is 8.28. The molecule has 0 spiro atoms. The van der Waals surface area contributed by atoms with Crippen LogP contribution < -0.4 is 10.6 Å². The molecule has 0 fully saturated rings. The fourth-order valence-electron chi connectivity index (χ4n) is 2.55. The van der Waals surface area contributed by atoms with Crippen molar-refractivity contribution < 1.29 is 14.7 Å². The highest BCUT2D eigenvalue weighted by Gasteiger charge is 2.17. The smallest absolute Gasteiger partial charge is 0.315 e. The van der Waals surface area contributed by atoms with E-state index in [4.69, 9.17) is 5.11 Å². The van der Waals surface area contributed by atoms with E-state index in [0.717, 1.165) is 11.3 Å². The summed E-state index contributed by atoms with van der Waals surface area (Å²) in [6, 6.07) is 14.4. The Hall–Kier alpha value is -2.89. The van der Waals surface area contributed by atoms with Gasteiger partial charge in [0, 0.05) is 18.7 Å². The second-order valence-electron chi connectivity index (χ2n) is 5.91. The zero-order valence-corrected chi connectivity index (χ0v) is 14.2. The molecule has 0 aliphatic heterocycles. The van der Waals surface area contributed by atoms with Crippen LogP contribution in [0.3, 0.4) is 0 Å². The van der Waals surface area contributed by atoms with Gasteiger partial charge in [-0.05, 0) is 37.5 Å². The number of urea groups is 1. The molecule has 2 unspecified atom stereocenters. The van der Waals surface area contributed by atoms with Crippen molar-refractivity contribution >= 4 is 12.0 Å². The molecule has 2 amide bonds. The standard InChI is InChI=1S/C19H23N3O3/c1-14(17-9-5-6-12-20-17)21-19(25)22-16(10-11-18(23)24)13-15-7-3-2-4-8-15/h2-9,12,14,16H,10-11,13H2,1H3,(H,23,24)(H2,21,22,25). The zero-order valence-electron chi connectivity index (χ0n) is 14.2. The number of carbonyl (C=O) groups is 2. The number of carboxylic acids is 1. The minimum atomic E-state index is -0.873. The Labute approximate surface area is 147 Å². The number of benzene rings is 1. The number of carboxylic acid groups (broad SMARTS) is 1. The number of nitrogens with one attached hydrogen (secondary N) is 2. The Balaban J connectivity index is 1.94. The zero-order chi connectivity index (χ0) is 18.1. The van der Waals surface area contributed by atoms with Gasteiger partial charge in [-0.1, -0.05) is 36.4 Å². The fraction of sp³-hybridized carbons (Fsp3) is 0.316. The summed E-state index contributed by atoms with van der Waals surface area (Å²) in [4.78, 5) is 27.4. The van der Waals surface area contributed by atoms with Gasteiger partial charge in [0.25, 0.3) is 0 Å². The molecule has 2 aromatic rings. The summed E-state index contributed by atoms with van der Waals surface area (Å²) >= 11 is 0. The van der Waals surface area contributed by atoms with Crippen LogP contribution in [0.2, 0.25) is 0 Å². The van der Waals surface area contributed by atoms with E-state index in [0.29, 0.717) is 12.8 Å². The highest BCUT2D eigenvalue weighted by atomic mass is 16.4. The minimum absolute atomic E-state index is 0.00751. The number of pyridine rings is 1. The third-order valence-electron chi connectivity index (χ3n) is 3.85. The van der Waals surface area contributed by atoms with Gasteiger partial charge in [0.2, 0.25) is 0 Å². The van der Waals surface area contributed by atoms with Crippen LogP contribution >= 0.6 is 0 Å². The molecule has 0 saturated heterocycles. The molecule has 1 heterocycles. The Kier molecular flexibility index (Phi) is 6.95. The number of hydrogen-bond donors (Lipinski definition) is 3. The average molecular weight is 341 g/mol. The van der Waals surface area contributed by atoms with Crippen molar-refractivity contribution in [1.82, 2.24) is 15.6 Å². The van der Waals surface area contributed by atoms with E-state index in [-0.39, 0.29) is 24.5 Å². The number of amides is 2. The fourth-order valence-corrected chi connectivity index (χ4v) is 2.55. The normalized spacial score (nSPS) is 12.8. The van der Waals surface area contributed by atoms with Crippen LogP contribution in [0, 0.1) is 0 Å². The summed E-state index contributed by atoms with van der Waals surface area (Å²) in [5.74, 6) is -0.873. The summed E-state index contributed by atoms with van der Waals surface area (Å²) in [6.07, 6.45) is 2.64. The molecule has 2 rings (SSSR count). The van der Waals surface area contributed by atoms with Gasteiger partial charge in [0.05, 0.1) is 11.7 Å². The molecule has 0 aliphatic carbocycles. The van der Waals surface area contributed by atoms with E-state index in [1.807, 2.05) is 55.5 Å². The van der Waals surface area contributed by atoms with Crippen molar-refractivity contribution in [2.24, 2.45) is 0 Å². The lowest BCUT2D eigenvalue weighted by atomic mass is 10.0. The van der Waals surface area contributed by atoms with E-state index in [9.17, 15) is 9.59 Å². The maximum absolute atomic E-state index is 12.3. The van der Waals surface area contributed by atoms with Gasteiger partial charge >= 0.3 is 12.0 Å². The SMILES string of the molecule is CC(NC(=O)NC(CCC(=O)O)Cc1ccccc1)c1ccccn1. The predicted molar refractivity (Wildman–Crippen MR) is 95.1 cm³/mol. The van der Waals surface area contributed by atoms with Gasteiger partial charge in [-0.15, -0.1) is 0 Å². The first-order valence-corrected chi connectivity index (χ1v) is 8.28. The van der Waals surface area contributed by atoms with Gasteiger partial charge in [-0.2, -0.15) is 0 Å². The van der Waals surface area contributed by atoms with Crippen molar-refractivity contribution in [3.8, 4) is 0 Å². The summed E-state index contributed by atoms with van der Waals surface area (Å²) in [7, 11) is 0. The van der Waals surface area contributed by atoms with E-state index < -0.39 is 5.97 Å². The predicted octanol–water partition coefficient (Wildman–Crippen LogP) is 2.92. The molecule has 0 bridgehead atoms. The molecule has 2 atom stereocenters. The third kappa shape index (κ3) is 6.63. The number of rotatable bonds is 8. The van der Waals surface area contributed by atoms with Crippen LogP contribution in [0.5, 0.6) is 0 Å². The molecular weight excluding hydrogens is 318 g/mol. The number of nitrogens with zero attached hydrogens (tertiary/aromatic N) is 1. The maximum atomic E-state index is 12.3. The van der Waals surface area contributed by atoms with Crippen LogP contribution in [-0.4, -0.2) is 28.1 Å². The lowest BCUT2D eigenvalue weighted by molar-refractivity contribution is -0.137. The Morgan fingerprint density at radius 2 is 1.80 bits per heavy atom. The first kappa shape index (κ1) is 18.4. The summed E-state index contributed by atoms with van der Waals surface area (Å²) in [5, 5.41) is 14.6. The van der Waals surface area contributed by atoms with E-state index in [1.54, 1.807) is 6.20 Å². The third-order valence-corrected chi connectivity index (χ3v) is 3.85. The molecule has 1 aromatic carbocycles. The minimum Gasteiger partial charge on any atom is -0.481 e. The Bertz CT molecular complexity index is 677. The van der Waals surface area contributed by atoms with E-state index in [2.05, 4.69) is 15.6 Å². The van der Waals surface area contributed by atoms with Crippen molar-refractivity contribution in [2.45, 2.75) is 38.3 Å². The van der Waals surface area contributed by atoms with Crippen LogP contribution in [-0.2, 0) is 11.2 Å². The average Bonchev–Trinajstić information content (AvgIpc) is 2.61. The molecule has 0 radical (unpaired) electrons. The van der Waals surface area contributed by atoms with Crippen molar-refractivity contribution in [3.05, 3.63) is 66.0 Å². The summed E-state index contributed by atoms with van der Waals surface area (Å²) in [5.41, 5.74) is 1.82. The largest absolute Gasteiger partial charge is 0.481 e. The van der Waals surface area contributed by atoms with Crippen LogP contribution in [0.25, 0.3) is 0 Å². The Morgan fingerprint density at radius 3 is 2.44 bits per heavy atom. The second-order valence-corrected chi connectivity index (χ2v) is 5.91. The summed E-state index contributed by atoms with van der Waals surface area (Å²) in [6.45, 7) is 1.85. The van der Waals surface area contributed by atoms with Crippen molar-refractivity contribution in [2.75, 3.05) is 0 Å². The van der Waals surface area contributed by atoms with Crippen molar-refractivity contribution in [3.63, 3.8) is 0 Å². The van der Waals surface area contributed by atoms with Crippen LogP contribution in [0.15, 0.2) is 54.7 Å². The van der Waals surface area contributed by atoms with Gasteiger partial charge < -0.3 is 15.7 Å². The molecule has 3 N–H and O–H groups in total. The highest BCUT2D eigenvalue weighted by molar-refractivity contribution is 5.75. The molecule has 6 nitrogen and oxygen atoms in total. The van der Waals surface area contributed by atoms with E-state index in [1.165, 1.54) is 0 Å². The van der Waals surface area contributed by atoms with Gasteiger partial charge in [0.15, 0.2) is 0 Å². The molecule has 0 aliphatic rings. The quantitative estimate of drug-likeness (QED) is 0.688. The number of aliphatic carboxylic acids is 1. The van der Waals surface area contributed by atoms with Crippen LogP contribution in [0.1, 0.15) is 37.1 Å². The van der Waals surface area contributed by atoms with E-state index >= 15 is 0 Å². The number of aromatic nitrogens is 1. The lowest BCUT2D eigenvalue weighted by Gasteiger charge is -2.21. The molecule has 1 aromatic heterocycles. The van der Waals surface area contributed by atoms with Gasteiger partial charge in [-0.25, -0.2) is 4.79 Å².